The highest BCUT2D eigenvalue weighted by Gasteiger charge is 2.30. The highest BCUT2D eigenvalue weighted by Crippen LogP contribution is 2.23. The molecular weight excluding hydrogens is 235 g/mol. The molecule has 2 rings (SSSR count). The summed E-state index contributed by atoms with van der Waals surface area (Å²) >= 11 is 0. The van der Waals surface area contributed by atoms with Crippen molar-refractivity contribution in [3.63, 3.8) is 0 Å². The van der Waals surface area contributed by atoms with Gasteiger partial charge in [-0.15, -0.1) is 10.2 Å². The summed E-state index contributed by atoms with van der Waals surface area (Å²) in [6.45, 7) is 1.44. The topological polar surface area (TPSA) is 55.1 Å². The van der Waals surface area contributed by atoms with Crippen molar-refractivity contribution in [1.82, 2.24) is 19.6 Å². The van der Waals surface area contributed by atoms with Gasteiger partial charge in [0.2, 0.25) is 5.65 Å². The van der Waals surface area contributed by atoms with Crippen molar-refractivity contribution >= 4 is 11.5 Å². The molecule has 5 nitrogen and oxygen atoms in total. The zero-order valence-electron chi connectivity index (χ0n) is 8.94. The largest absolute Gasteiger partial charge is 0.391 e. The number of alkyl halides is 3. The molecule has 0 fully saturated rings. The maximum absolute atomic E-state index is 12.2. The summed E-state index contributed by atoms with van der Waals surface area (Å²) in [7, 11) is 0. The van der Waals surface area contributed by atoms with Crippen molar-refractivity contribution < 1.29 is 13.2 Å². The first-order chi connectivity index (χ1) is 7.96. The molecule has 0 aliphatic heterocycles. The second-order valence-corrected chi connectivity index (χ2v) is 3.70. The number of halogens is 3. The maximum Gasteiger partial charge on any atom is 0.391 e. The van der Waals surface area contributed by atoms with Crippen LogP contribution in [0, 0.1) is 0 Å². The van der Waals surface area contributed by atoms with E-state index in [9.17, 15) is 13.2 Å². The number of nitrogens with zero attached hydrogens (tertiary/aromatic N) is 4. The van der Waals surface area contributed by atoms with Gasteiger partial charge in [0.1, 0.15) is 6.33 Å². The Hall–Kier alpha value is -1.86. The van der Waals surface area contributed by atoms with Gasteiger partial charge in [0.15, 0.2) is 5.82 Å². The van der Waals surface area contributed by atoms with E-state index in [2.05, 4.69) is 20.5 Å². The molecule has 92 valence electrons. The first-order valence-electron chi connectivity index (χ1n) is 4.93. The maximum atomic E-state index is 12.2. The summed E-state index contributed by atoms with van der Waals surface area (Å²) in [6.07, 6.45) is -0.584. The quantitative estimate of drug-likeness (QED) is 0.897. The molecule has 0 saturated carbocycles. The fourth-order valence-electron chi connectivity index (χ4n) is 1.49. The van der Waals surface area contributed by atoms with Gasteiger partial charge in [-0.25, -0.2) is 4.98 Å². The summed E-state index contributed by atoms with van der Waals surface area (Å²) in [5.41, 5.74) is 0.404. The van der Waals surface area contributed by atoms with Gasteiger partial charge in [-0.1, -0.05) is 0 Å². The van der Waals surface area contributed by atoms with Crippen LogP contribution in [0.2, 0.25) is 0 Å². The second-order valence-electron chi connectivity index (χ2n) is 3.70. The molecule has 0 spiro atoms. The van der Waals surface area contributed by atoms with Gasteiger partial charge in [-0.2, -0.15) is 13.2 Å². The molecule has 2 heterocycles. The number of anilines is 1. The van der Waals surface area contributed by atoms with Crippen molar-refractivity contribution in [3.8, 4) is 0 Å². The number of hydrogen-bond acceptors (Lipinski definition) is 4. The Morgan fingerprint density at radius 3 is 2.94 bits per heavy atom. The van der Waals surface area contributed by atoms with E-state index < -0.39 is 18.6 Å². The van der Waals surface area contributed by atoms with Gasteiger partial charge < -0.3 is 5.32 Å². The Labute approximate surface area is 94.7 Å². The molecule has 0 bridgehead atoms. The van der Waals surface area contributed by atoms with Crippen molar-refractivity contribution in [2.45, 2.75) is 25.6 Å². The van der Waals surface area contributed by atoms with E-state index in [1.165, 1.54) is 19.4 Å². The highest BCUT2D eigenvalue weighted by atomic mass is 19.4. The molecule has 17 heavy (non-hydrogen) atoms. The minimum Gasteiger partial charge on any atom is -0.364 e. The lowest BCUT2D eigenvalue weighted by Gasteiger charge is -2.16. The lowest BCUT2D eigenvalue weighted by molar-refractivity contribution is -0.136. The first kappa shape index (κ1) is 11.6. The van der Waals surface area contributed by atoms with E-state index in [1.807, 2.05) is 0 Å². The number of hydrogen-bond donors (Lipinski definition) is 1. The van der Waals surface area contributed by atoms with Gasteiger partial charge in [0.05, 0.1) is 6.42 Å². The van der Waals surface area contributed by atoms with Crippen LogP contribution in [-0.2, 0) is 0 Å². The fraction of sp³-hybridized carbons (Fsp3) is 0.444. The van der Waals surface area contributed by atoms with Crippen molar-refractivity contribution in [1.29, 1.82) is 0 Å². The molecule has 0 aliphatic carbocycles. The minimum atomic E-state index is -4.20. The Balaban J connectivity index is 2.15. The molecule has 2 aromatic rings. The van der Waals surface area contributed by atoms with Crippen LogP contribution < -0.4 is 5.32 Å². The van der Waals surface area contributed by atoms with Crippen molar-refractivity contribution in [3.05, 3.63) is 18.7 Å². The summed E-state index contributed by atoms with van der Waals surface area (Å²) in [5, 5.41) is 10.1. The molecule has 0 aliphatic rings. The molecule has 1 atom stereocenters. The van der Waals surface area contributed by atoms with E-state index in [4.69, 9.17) is 0 Å². The van der Waals surface area contributed by atoms with Crippen LogP contribution in [0.5, 0.6) is 0 Å². The molecular formula is C9H10F3N5. The average Bonchev–Trinajstić information content (AvgIpc) is 2.63. The second kappa shape index (κ2) is 4.19. The lowest BCUT2D eigenvalue weighted by atomic mass is 10.2. The Morgan fingerprint density at radius 2 is 2.24 bits per heavy atom. The van der Waals surface area contributed by atoms with E-state index >= 15 is 0 Å². The number of aromatic nitrogens is 4. The molecule has 0 aromatic carbocycles. The van der Waals surface area contributed by atoms with E-state index in [0.717, 1.165) is 0 Å². The highest BCUT2D eigenvalue weighted by molar-refractivity contribution is 5.61. The molecule has 1 unspecified atom stereocenters. The molecule has 0 amide bonds. The third-order valence-corrected chi connectivity index (χ3v) is 2.14. The summed E-state index contributed by atoms with van der Waals surface area (Å²) in [5.74, 6) is 0.293. The standard InChI is InChI=1S/C9H10F3N5/c1-6(4-9(10,11)12)15-7-8-16-14-5-17(8)3-2-13-7/h2-3,5-6H,4H2,1H3,(H,13,15). The number of rotatable bonds is 3. The molecule has 0 radical (unpaired) electrons. The minimum absolute atomic E-state index is 0.293. The summed E-state index contributed by atoms with van der Waals surface area (Å²) in [6, 6.07) is -0.773. The Kier molecular flexibility index (Phi) is 2.86. The molecule has 2 aromatic heterocycles. The van der Waals surface area contributed by atoms with Crippen LogP contribution in [0.3, 0.4) is 0 Å². The zero-order valence-corrected chi connectivity index (χ0v) is 8.94. The van der Waals surface area contributed by atoms with Gasteiger partial charge >= 0.3 is 6.18 Å². The van der Waals surface area contributed by atoms with Crippen LogP contribution in [-0.4, -0.2) is 31.8 Å². The summed E-state index contributed by atoms with van der Waals surface area (Å²) in [4.78, 5) is 3.95. The SMILES string of the molecule is CC(CC(F)(F)F)Nc1nccn2cnnc12. The van der Waals surface area contributed by atoms with Crippen molar-refractivity contribution in [2.24, 2.45) is 0 Å². The van der Waals surface area contributed by atoms with Crippen LogP contribution in [0.15, 0.2) is 18.7 Å². The van der Waals surface area contributed by atoms with Crippen LogP contribution >= 0.6 is 0 Å². The van der Waals surface area contributed by atoms with Gasteiger partial charge in [-0.3, -0.25) is 4.40 Å². The lowest BCUT2D eigenvalue weighted by Crippen LogP contribution is -2.24. The van der Waals surface area contributed by atoms with E-state index in [-0.39, 0.29) is 0 Å². The number of nitrogens with one attached hydrogen (secondary N) is 1. The third kappa shape index (κ3) is 2.83. The Morgan fingerprint density at radius 1 is 1.47 bits per heavy atom. The van der Waals surface area contributed by atoms with Gasteiger partial charge in [0, 0.05) is 18.4 Å². The normalized spacial score (nSPS) is 13.9. The summed E-state index contributed by atoms with van der Waals surface area (Å²) < 4.78 is 38.1. The predicted octanol–water partition coefficient (Wildman–Crippen LogP) is 1.88. The van der Waals surface area contributed by atoms with Crippen LogP contribution in [0.1, 0.15) is 13.3 Å². The third-order valence-electron chi connectivity index (χ3n) is 2.14. The predicted molar refractivity (Wildman–Crippen MR) is 54.5 cm³/mol. The Bertz CT molecular complexity index is 507. The average molecular weight is 245 g/mol. The van der Waals surface area contributed by atoms with E-state index in [0.29, 0.717) is 11.5 Å². The molecule has 1 N–H and O–H groups in total. The zero-order chi connectivity index (χ0) is 12.5. The molecule has 8 heteroatoms. The first-order valence-corrected chi connectivity index (χ1v) is 4.93. The number of fused-ring (bicyclic) bond motifs is 1. The van der Waals surface area contributed by atoms with Gasteiger partial charge in [0.25, 0.3) is 0 Å². The van der Waals surface area contributed by atoms with Gasteiger partial charge in [-0.05, 0) is 6.92 Å². The van der Waals surface area contributed by atoms with Crippen LogP contribution in [0.25, 0.3) is 5.65 Å². The van der Waals surface area contributed by atoms with Crippen molar-refractivity contribution in [2.75, 3.05) is 5.32 Å². The van der Waals surface area contributed by atoms with E-state index in [1.54, 1.807) is 10.6 Å². The monoisotopic (exact) mass is 245 g/mol. The molecule has 0 saturated heterocycles. The fourth-order valence-corrected chi connectivity index (χ4v) is 1.49. The smallest absolute Gasteiger partial charge is 0.364 e. The van der Waals surface area contributed by atoms with Crippen LogP contribution in [0.4, 0.5) is 19.0 Å².